The summed E-state index contributed by atoms with van der Waals surface area (Å²) in [5.41, 5.74) is 1.53. The van der Waals surface area contributed by atoms with Gasteiger partial charge in [-0.2, -0.15) is 0 Å². The second-order valence-corrected chi connectivity index (χ2v) is 5.18. The summed E-state index contributed by atoms with van der Waals surface area (Å²) >= 11 is 6.13. The SMILES string of the molecule is Cc1c(C(=O)NC(C)CCO)nnn1-c1ccccc1Cl. The van der Waals surface area contributed by atoms with Crippen molar-refractivity contribution in [2.24, 2.45) is 0 Å². The monoisotopic (exact) mass is 308 g/mol. The van der Waals surface area contributed by atoms with Crippen LogP contribution in [0.3, 0.4) is 0 Å². The van der Waals surface area contributed by atoms with Crippen molar-refractivity contribution in [1.82, 2.24) is 20.3 Å². The van der Waals surface area contributed by atoms with Crippen molar-refractivity contribution in [1.29, 1.82) is 0 Å². The number of carbonyl (C=O) groups is 1. The standard InChI is InChI=1S/C14H17ClN4O2/c1-9(7-8-20)16-14(21)13-10(2)19(18-17-13)12-6-4-3-5-11(12)15/h3-6,9,20H,7-8H2,1-2H3,(H,16,21). The highest BCUT2D eigenvalue weighted by Crippen LogP contribution is 2.21. The number of aliphatic hydroxyl groups is 1. The Kier molecular flexibility index (Phi) is 4.93. The minimum atomic E-state index is -0.313. The molecule has 1 atom stereocenters. The quantitative estimate of drug-likeness (QED) is 0.881. The second kappa shape index (κ2) is 6.69. The zero-order valence-electron chi connectivity index (χ0n) is 11.9. The first kappa shape index (κ1) is 15.5. The number of para-hydroxylation sites is 1. The fourth-order valence-corrected chi connectivity index (χ4v) is 2.17. The summed E-state index contributed by atoms with van der Waals surface area (Å²) in [5, 5.41) is 20.1. The van der Waals surface area contributed by atoms with E-state index in [0.717, 1.165) is 0 Å². The van der Waals surface area contributed by atoms with E-state index in [1.807, 2.05) is 19.1 Å². The Morgan fingerprint density at radius 2 is 2.19 bits per heavy atom. The van der Waals surface area contributed by atoms with Gasteiger partial charge in [0.15, 0.2) is 5.69 Å². The van der Waals surface area contributed by atoms with E-state index >= 15 is 0 Å². The Labute approximate surface area is 127 Å². The van der Waals surface area contributed by atoms with E-state index in [9.17, 15) is 4.79 Å². The van der Waals surface area contributed by atoms with E-state index in [-0.39, 0.29) is 24.2 Å². The first-order valence-corrected chi connectivity index (χ1v) is 7.01. The van der Waals surface area contributed by atoms with Crippen molar-refractivity contribution < 1.29 is 9.90 Å². The number of amides is 1. The van der Waals surface area contributed by atoms with E-state index in [1.54, 1.807) is 19.1 Å². The fourth-order valence-electron chi connectivity index (χ4n) is 1.95. The van der Waals surface area contributed by atoms with Crippen molar-refractivity contribution in [3.05, 3.63) is 40.7 Å². The van der Waals surface area contributed by atoms with Crippen LogP contribution in [0.1, 0.15) is 29.5 Å². The summed E-state index contributed by atoms with van der Waals surface area (Å²) in [7, 11) is 0. The number of aromatic nitrogens is 3. The molecule has 0 aliphatic carbocycles. The average molecular weight is 309 g/mol. The Bertz CT molecular complexity index is 642. The maximum absolute atomic E-state index is 12.1. The van der Waals surface area contributed by atoms with Crippen LogP contribution in [0.15, 0.2) is 24.3 Å². The normalized spacial score (nSPS) is 12.2. The van der Waals surface area contributed by atoms with Crippen molar-refractivity contribution >= 4 is 17.5 Å². The van der Waals surface area contributed by atoms with Crippen LogP contribution >= 0.6 is 11.6 Å². The maximum Gasteiger partial charge on any atom is 0.273 e. The number of carbonyl (C=O) groups excluding carboxylic acids is 1. The summed E-state index contributed by atoms with van der Waals surface area (Å²) in [5.74, 6) is -0.313. The van der Waals surface area contributed by atoms with Gasteiger partial charge < -0.3 is 10.4 Å². The highest BCUT2D eigenvalue weighted by molar-refractivity contribution is 6.32. The molecule has 1 heterocycles. The molecule has 1 aromatic carbocycles. The largest absolute Gasteiger partial charge is 0.396 e. The van der Waals surface area contributed by atoms with Gasteiger partial charge in [0.25, 0.3) is 5.91 Å². The minimum absolute atomic E-state index is 0.0206. The second-order valence-electron chi connectivity index (χ2n) is 4.77. The van der Waals surface area contributed by atoms with Gasteiger partial charge in [0.1, 0.15) is 0 Å². The van der Waals surface area contributed by atoms with Crippen molar-refractivity contribution in [3.63, 3.8) is 0 Å². The highest BCUT2D eigenvalue weighted by Gasteiger charge is 2.19. The van der Waals surface area contributed by atoms with Crippen molar-refractivity contribution in [2.75, 3.05) is 6.61 Å². The van der Waals surface area contributed by atoms with E-state index in [4.69, 9.17) is 16.7 Å². The molecule has 0 saturated heterocycles. The predicted molar refractivity (Wildman–Crippen MR) is 79.7 cm³/mol. The molecule has 2 aromatic rings. The molecular weight excluding hydrogens is 292 g/mol. The number of rotatable bonds is 5. The lowest BCUT2D eigenvalue weighted by molar-refractivity contribution is 0.0928. The molecule has 2 rings (SSSR count). The lowest BCUT2D eigenvalue weighted by Gasteiger charge is -2.11. The summed E-state index contributed by atoms with van der Waals surface area (Å²) < 4.78 is 1.54. The molecule has 6 nitrogen and oxygen atoms in total. The molecule has 0 radical (unpaired) electrons. The van der Waals surface area contributed by atoms with Crippen LogP contribution in [-0.4, -0.2) is 38.7 Å². The van der Waals surface area contributed by atoms with Crippen molar-refractivity contribution in [3.8, 4) is 5.69 Å². The van der Waals surface area contributed by atoms with Crippen LogP contribution < -0.4 is 5.32 Å². The first-order chi connectivity index (χ1) is 10.0. The van der Waals surface area contributed by atoms with E-state index in [2.05, 4.69) is 15.6 Å². The molecule has 0 spiro atoms. The van der Waals surface area contributed by atoms with E-state index < -0.39 is 0 Å². The third-order valence-corrected chi connectivity index (χ3v) is 3.45. The average Bonchev–Trinajstić information content (AvgIpc) is 2.81. The molecule has 112 valence electrons. The lowest BCUT2D eigenvalue weighted by Crippen LogP contribution is -2.33. The molecule has 2 N–H and O–H groups in total. The molecule has 0 aliphatic rings. The van der Waals surface area contributed by atoms with E-state index in [1.165, 1.54) is 4.68 Å². The van der Waals surface area contributed by atoms with Crippen LogP contribution in [-0.2, 0) is 0 Å². The van der Waals surface area contributed by atoms with Crippen LogP contribution in [0.2, 0.25) is 5.02 Å². The molecular formula is C14H17ClN4O2. The van der Waals surface area contributed by atoms with Crippen LogP contribution in [0.25, 0.3) is 5.69 Å². The molecule has 0 saturated carbocycles. The number of aliphatic hydroxyl groups excluding tert-OH is 1. The summed E-state index contributed by atoms with van der Waals surface area (Å²) in [6.45, 7) is 3.60. The lowest BCUT2D eigenvalue weighted by atomic mass is 10.2. The number of benzene rings is 1. The third kappa shape index (κ3) is 3.40. The number of hydrogen-bond acceptors (Lipinski definition) is 4. The molecule has 7 heteroatoms. The molecule has 1 amide bonds. The van der Waals surface area contributed by atoms with Gasteiger partial charge in [0, 0.05) is 12.6 Å². The number of nitrogens with zero attached hydrogens (tertiary/aromatic N) is 3. The zero-order chi connectivity index (χ0) is 15.4. The smallest absolute Gasteiger partial charge is 0.273 e. The summed E-state index contributed by atoms with van der Waals surface area (Å²) in [4.78, 5) is 12.1. The van der Waals surface area contributed by atoms with Gasteiger partial charge in [-0.15, -0.1) is 5.10 Å². The van der Waals surface area contributed by atoms with Gasteiger partial charge in [-0.05, 0) is 32.4 Å². The Hall–Kier alpha value is -1.92. The van der Waals surface area contributed by atoms with E-state index in [0.29, 0.717) is 22.8 Å². The molecule has 21 heavy (non-hydrogen) atoms. The Morgan fingerprint density at radius 1 is 1.48 bits per heavy atom. The fraction of sp³-hybridized carbons (Fsp3) is 0.357. The van der Waals surface area contributed by atoms with Gasteiger partial charge in [-0.25, -0.2) is 4.68 Å². The minimum Gasteiger partial charge on any atom is -0.396 e. The number of halogens is 1. The van der Waals surface area contributed by atoms with Crippen LogP contribution in [0, 0.1) is 6.92 Å². The highest BCUT2D eigenvalue weighted by atomic mass is 35.5. The van der Waals surface area contributed by atoms with Gasteiger partial charge in [0.2, 0.25) is 0 Å². The summed E-state index contributed by atoms with van der Waals surface area (Å²) in [6.07, 6.45) is 0.490. The number of nitrogens with one attached hydrogen (secondary N) is 1. The maximum atomic E-state index is 12.1. The molecule has 1 unspecified atom stereocenters. The van der Waals surface area contributed by atoms with Crippen LogP contribution in [0.5, 0.6) is 0 Å². The van der Waals surface area contributed by atoms with Gasteiger partial charge >= 0.3 is 0 Å². The molecule has 0 bridgehead atoms. The molecule has 0 aliphatic heterocycles. The molecule has 1 aromatic heterocycles. The van der Waals surface area contributed by atoms with Gasteiger partial charge in [-0.3, -0.25) is 4.79 Å². The predicted octanol–water partition coefficient (Wildman–Crippen LogP) is 1.73. The molecule has 0 fully saturated rings. The third-order valence-electron chi connectivity index (χ3n) is 3.13. The van der Waals surface area contributed by atoms with Crippen LogP contribution in [0.4, 0.5) is 0 Å². The topological polar surface area (TPSA) is 80.0 Å². The number of hydrogen-bond donors (Lipinski definition) is 2. The van der Waals surface area contributed by atoms with Gasteiger partial charge in [-0.1, -0.05) is 28.9 Å². The van der Waals surface area contributed by atoms with Crippen molar-refractivity contribution in [2.45, 2.75) is 26.3 Å². The first-order valence-electron chi connectivity index (χ1n) is 6.63. The Morgan fingerprint density at radius 3 is 2.86 bits per heavy atom. The summed E-state index contributed by atoms with van der Waals surface area (Å²) in [6, 6.07) is 7.09. The Balaban J connectivity index is 2.25. The zero-order valence-corrected chi connectivity index (χ0v) is 12.6. The van der Waals surface area contributed by atoms with Gasteiger partial charge in [0.05, 0.1) is 16.4 Å².